The van der Waals surface area contributed by atoms with Crippen molar-refractivity contribution in [2.24, 2.45) is 11.3 Å². The number of nitrogens with one attached hydrogen (secondary N) is 1. The van der Waals surface area contributed by atoms with E-state index in [1.54, 1.807) is 0 Å². The number of rotatable bonds is 5. The molecule has 1 aliphatic carbocycles. The summed E-state index contributed by atoms with van der Waals surface area (Å²) in [5.74, 6) is -0.313. The van der Waals surface area contributed by atoms with Crippen molar-refractivity contribution in [3.8, 4) is 0 Å². The van der Waals surface area contributed by atoms with Crippen molar-refractivity contribution < 1.29 is 19.1 Å². The second-order valence-corrected chi connectivity index (χ2v) is 6.21. The summed E-state index contributed by atoms with van der Waals surface area (Å²) >= 11 is 0. The molecule has 0 aromatic rings. The third-order valence-corrected chi connectivity index (χ3v) is 5.18. The molecule has 5 nitrogen and oxygen atoms in total. The molecule has 1 N–H and O–H groups in total. The van der Waals surface area contributed by atoms with Gasteiger partial charge in [0, 0.05) is 12.5 Å². The predicted molar refractivity (Wildman–Crippen MR) is 74.0 cm³/mol. The van der Waals surface area contributed by atoms with Crippen molar-refractivity contribution in [2.75, 3.05) is 7.05 Å². The molecule has 0 aromatic heterocycles. The van der Waals surface area contributed by atoms with Gasteiger partial charge in [-0.05, 0) is 40.2 Å². The monoisotopic (exact) mass is 283 g/mol. The van der Waals surface area contributed by atoms with Gasteiger partial charge in [0.25, 0.3) is 0 Å². The van der Waals surface area contributed by atoms with E-state index >= 15 is 0 Å². The van der Waals surface area contributed by atoms with Crippen LogP contribution in [0.15, 0.2) is 0 Å². The number of ether oxygens (including phenoxy) is 2. The van der Waals surface area contributed by atoms with E-state index in [0.29, 0.717) is 12.8 Å². The molecule has 20 heavy (non-hydrogen) atoms. The Balaban J connectivity index is 2.02. The lowest BCUT2D eigenvalue weighted by Crippen LogP contribution is -2.48. The van der Waals surface area contributed by atoms with Crippen LogP contribution >= 0.6 is 0 Å². The first-order valence-corrected chi connectivity index (χ1v) is 7.51. The van der Waals surface area contributed by atoms with Crippen molar-refractivity contribution in [1.82, 2.24) is 5.32 Å². The zero-order valence-electron chi connectivity index (χ0n) is 12.8. The van der Waals surface area contributed by atoms with E-state index in [1.165, 1.54) is 0 Å². The number of carbonyl (C=O) groups is 2. The molecule has 2 fully saturated rings. The third kappa shape index (κ3) is 2.55. The minimum absolute atomic E-state index is 0.0174. The molecular formula is C15H25NO4. The number of carbonyl (C=O) groups excluding carboxylic acids is 2. The summed E-state index contributed by atoms with van der Waals surface area (Å²) < 4.78 is 11.0. The van der Waals surface area contributed by atoms with Crippen molar-refractivity contribution in [1.29, 1.82) is 0 Å². The van der Waals surface area contributed by atoms with Gasteiger partial charge in [-0.15, -0.1) is 0 Å². The van der Waals surface area contributed by atoms with Gasteiger partial charge in [0.2, 0.25) is 0 Å². The van der Waals surface area contributed by atoms with Crippen LogP contribution in [0.3, 0.4) is 0 Å². The summed E-state index contributed by atoms with van der Waals surface area (Å²) in [7, 11) is 1.84. The fourth-order valence-electron chi connectivity index (χ4n) is 3.04. The first-order valence-electron chi connectivity index (χ1n) is 7.51. The fourth-order valence-corrected chi connectivity index (χ4v) is 3.04. The lowest BCUT2D eigenvalue weighted by molar-refractivity contribution is -0.171. The second kappa shape index (κ2) is 5.72. The Kier molecular flexibility index (Phi) is 4.37. The molecule has 5 heteroatoms. The molecule has 5 atom stereocenters. The third-order valence-electron chi connectivity index (χ3n) is 5.18. The molecule has 1 saturated heterocycles. The van der Waals surface area contributed by atoms with Crippen LogP contribution in [-0.4, -0.2) is 37.2 Å². The summed E-state index contributed by atoms with van der Waals surface area (Å²) in [5, 5.41) is 3.13. The highest BCUT2D eigenvalue weighted by Crippen LogP contribution is 2.37. The van der Waals surface area contributed by atoms with Gasteiger partial charge in [0.1, 0.15) is 12.2 Å². The SMILES string of the molecule is CCC(C)(C(=O)OC1CCC2CC1OC2=O)C(C)NC. The van der Waals surface area contributed by atoms with E-state index < -0.39 is 5.41 Å². The topological polar surface area (TPSA) is 64.6 Å². The maximum atomic E-state index is 12.5. The minimum atomic E-state index is -0.561. The van der Waals surface area contributed by atoms with Crippen LogP contribution in [0.2, 0.25) is 0 Å². The number of esters is 2. The Morgan fingerprint density at radius 3 is 2.85 bits per heavy atom. The molecule has 2 aliphatic rings. The summed E-state index contributed by atoms with van der Waals surface area (Å²) in [6.45, 7) is 5.89. The zero-order valence-corrected chi connectivity index (χ0v) is 12.8. The summed E-state index contributed by atoms with van der Waals surface area (Å²) in [6.07, 6.45) is 2.36. The highest BCUT2D eigenvalue weighted by Gasteiger charge is 2.47. The normalized spacial score (nSPS) is 33.2. The first-order chi connectivity index (χ1) is 9.42. The largest absolute Gasteiger partial charge is 0.458 e. The van der Waals surface area contributed by atoms with E-state index in [-0.39, 0.29) is 36.1 Å². The van der Waals surface area contributed by atoms with Gasteiger partial charge in [0.05, 0.1) is 11.3 Å². The average molecular weight is 283 g/mol. The minimum Gasteiger partial charge on any atom is -0.458 e. The van der Waals surface area contributed by atoms with Crippen molar-refractivity contribution >= 4 is 11.9 Å². The maximum Gasteiger partial charge on any atom is 0.313 e. The molecule has 114 valence electrons. The Labute approximate surface area is 120 Å². The molecule has 5 unspecified atom stereocenters. The van der Waals surface area contributed by atoms with Crippen LogP contribution in [0, 0.1) is 11.3 Å². The van der Waals surface area contributed by atoms with Crippen LogP contribution in [-0.2, 0) is 19.1 Å². The average Bonchev–Trinajstić information content (AvgIpc) is 2.75. The molecular weight excluding hydrogens is 258 g/mol. The van der Waals surface area contributed by atoms with E-state index in [4.69, 9.17) is 9.47 Å². The van der Waals surface area contributed by atoms with Crippen molar-refractivity contribution in [3.05, 3.63) is 0 Å². The fraction of sp³-hybridized carbons (Fsp3) is 0.867. The van der Waals surface area contributed by atoms with E-state index in [2.05, 4.69) is 5.32 Å². The molecule has 2 rings (SSSR count). The summed E-state index contributed by atoms with van der Waals surface area (Å²) in [6, 6.07) is 0.0301. The highest BCUT2D eigenvalue weighted by atomic mass is 16.6. The van der Waals surface area contributed by atoms with E-state index in [0.717, 1.165) is 12.8 Å². The second-order valence-electron chi connectivity index (χ2n) is 6.21. The van der Waals surface area contributed by atoms with Crippen LogP contribution in [0.25, 0.3) is 0 Å². The zero-order chi connectivity index (χ0) is 14.9. The lowest BCUT2D eigenvalue weighted by Gasteiger charge is -2.35. The van der Waals surface area contributed by atoms with Crippen molar-refractivity contribution in [3.63, 3.8) is 0 Å². The molecule has 1 heterocycles. The van der Waals surface area contributed by atoms with Gasteiger partial charge >= 0.3 is 11.9 Å². The molecule has 0 aromatic carbocycles. The summed E-state index contributed by atoms with van der Waals surface area (Å²) in [5.41, 5.74) is -0.561. The molecule has 0 spiro atoms. The maximum absolute atomic E-state index is 12.5. The van der Waals surface area contributed by atoms with Gasteiger partial charge in [0.15, 0.2) is 0 Å². The van der Waals surface area contributed by atoms with Gasteiger partial charge in [-0.25, -0.2) is 0 Å². The van der Waals surface area contributed by atoms with Gasteiger partial charge in [-0.1, -0.05) is 6.92 Å². The molecule has 2 bridgehead atoms. The van der Waals surface area contributed by atoms with Gasteiger partial charge < -0.3 is 14.8 Å². The number of fused-ring (bicyclic) bond motifs is 2. The van der Waals surface area contributed by atoms with E-state index in [1.807, 2.05) is 27.8 Å². The lowest BCUT2D eigenvalue weighted by atomic mass is 9.80. The molecule has 0 amide bonds. The van der Waals surface area contributed by atoms with Gasteiger partial charge in [-0.3, -0.25) is 9.59 Å². The smallest absolute Gasteiger partial charge is 0.313 e. The van der Waals surface area contributed by atoms with Gasteiger partial charge in [-0.2, -0.15) is 0 Å². The number of hydrogen-bond acceptors (Lipinski definition) is 5. The van der Waals surface area contributed by atoms with Crippen LogP contribution < -0.4 is 5.32 Å². The molecule has 1 aliphatic heterocycles. The predicted octanol–water partition coefficient (Wildman–Crippen LogP) is 1.65. The molecule has 0 radical (unpaired) electrons. The van der Waals surface area contributed by atoms with Crippen LogP contribution in [0.5, 0.6) is 0 Å². The Morgan fingerprint density at radius 1 is 1.55 bits per heavy atom. The molecule has 1 saturated carbocycles. The van der Waals surface area contributed by atoms with Crippen LogP contribution in [0.1, 0.15) is 46.5 Å². The Bertz CT molecular complexity index is 397. The first kappa shape index (κ1) is 15.3. The Hall–Kier alpha value is -1.10. The Morgan fingerprint density at radius 2 is 2.25 bits per heavy atom. The highest BCUT2D eigenvalue weighted by molar-refractivity contribution is 5.78. The summed E-state index contributed by atoms with van der Waals surface area (Å²) in [4.78, 5) is 24.0. The van der Waals surface area contributed by atoms with Crippen LogP contribution in [0.4, 0.5) is 0 Å². The standard InChI is InChI=1S/C15H25NO4/c1-5-15(3,9(2)16-4)14(18)20-11-7-6-10-8-12(11)19-13(10)17/h9-12,16H,5-8H2,1-4H3. The quantitative estimate of drug-likeness (QED) is 0.777. The number of hydrogen-bond donors (Lipinski definition) is 1. The van der Waals surface area contributed by atoms with Crippen molar-refractivity contribution in [2.45, 2.75) is 64.7 Å². The van der Waals surface area contributed by atoms with E-state index in [9.17, 15) is 9.59 Å².